The summed E-state index contributed by atoms with van der Waals surface area (Å²) in [6.45, 7) is 0.942. The maximum absolute atomic E-state index is 12.9. The number of aryl methyl sites for hydroxylation is 1. The van der Waals surface area contributed by atoms with Crippen molar-refractivity contribution in [3.05, 3.63) is 72.2 Å². The van der Waals surface area contributed by atoms with E-state index in [0.717, 1.165) is 59.6 Å². The smallest absolute Gasteiger partial charge is 0.256 e. The Morgan fingerprint density at radius 2 is 1.90 bits per heavy atom. The maximum atomic E-state index is 12.9. The number of nitrogens with one attached hydrogen (secondary N) is 1. The molecule has 0 unspecified atom stereocenters. The minimum Gasteiger partial charge on any atom is -0.322 e. The second-order valence-corrected chi connectivity index (χ2v) is 7.31. The quantitative estimate of drug-likeness (QED) is 0.566. The van der Waals surface area contributed by atoms with Gasteiger partial charge in [-0.05, 0) is 37.1 Å². The average Bonchev–Trinajstić information content (AvgIpc) is 3.02. The third-order valence-electron chi connectivity index (χ3n) is 5.38. The van der Waals surface area contributed by atoms with Crippen molar-refractivity contribution >= 4 is 22.5 Å². The summed E-state index contributed by atoms with van der Waals surface area (Å²) in [5.41, 5.74) is 3.11. The fourth-order valence-corrected chi connectivity index (χ4v) is 3.93. The summed E-state index contributed by atoms with van der Waals surface area (Å²) in [5.74, 6) is 1.77. The number of aromatic nitrogens is 4. The average molecular weight is 383 g/mol. The van der Waals surface area contributed by atoms with Gasteiger partial charge in [0.15, 0.2) is 5.82 Å². The van der Waals surface area contributed by atoms with E-state index in [1.807, 2.05) is 48.5 Å². The maximum Gasteiger partial charge on any atom is 0.256 e. The molecule has 0 atom stereocenters. The number of para-hydroxylation sites is 1. The van der Waals surface area contributed by atoms with Crippen molar-refractivity contribution in [1.82, 2.24) is 19.7 Å². The van der Waals surface area contributed by atoms with Gasteiger partial charge in [-0.1, -0.05) is 36.8 Å². The minimum atomic E-state index is -0.152. The first-order chi connectivity index (χ1) is 14.3. The van der Waals surface area contributed by atoms with Gasteiger partial charge in [-0.25, -0.2) is 0 Å². The van der Waals surface area contributed by atoms with Gasteiger partial charge in [-0.2, -0.15) is 0 Å². The Morgan fingerprint density at radius 3 is 2.86 bits per heavy atom. The number of nitrogens with zero attached hydrogens (tertiary/aromatic N) is 4. The molecule has 29 heavy (non-hydrogen) atoms. The molecule has 6 nitrogen and oxygen atoms in total. The van der Waals surface area contributed by atoms with E-state index in [9.17, 15) is 4.79 Å². The molecule has 0 saturated carbocycles. The van der Waals surface area contributed by atoms with E-state index >= 15 is 0 Å². The SMILES string of the molecule is O=C(Nc1cccc(-c2nnc3n2CCCCC3)c1)c1ccnc2ccccc12. The molecular weight excluding hydrogens is 362 g/mol. The third-order valence-corrected chi connectivity index (χ3v) is 5.38. The summed E-state index contributed by atoms with van der Waals surface area (Å²) in [6.07, 6.45) is 6.16. The Kier molecular flexibility index (Phi) is 4.52. The van der Waals surface area contributed by atoms with E-state index in [0.29, 0.717) is 5.56 Å². The lowest BCUT2D eigenvalue weighted by molar-refractivity contribution is 0.102. The van der Waals surface area contributed by atoms with E-state index in [2.05, 4.69) is 25.1 Å². The van der Waals surface area contributed by atoms with Crippen molar-refractivity contribution in [2.75, 3.05) is 5.32 Å². The first-order valence-electron chi connectivity index (χ1n) is 9.97. The Labute approximate surface area is 168 Å². The van der Waals surface area contributed by atoms with Crippen LogP contribution in [-0.4, -0.2) is 25.7 Å². The van der Waals surface area contributed by atoms with Crippen molar-refractivity contribution in [1.29, 1.82) is 0 Å². The Morgan fingerprint density at radius 1 is 0.966 bits per heavy atom. The van der Waals surface area contributed by atoms with E-state index in [1.54, 1.807) is 12.3 Å². The molecule has 2 aromatic heterocycles. The monoisotopic (exact) mass is 383 g/mol. The lowest BCUT2D eigenvalue weighted by Gasteiger charge is -2.10. The molecule has 0 aliphatic carbocycles. The Hall–Kier alpha value is -3.54. The zero-order chi connectivity index (χ0) is 19.6. The van der Waals surface area contributed by atoms with Crippen molar-refractivity contribution in [2.45, 2.75) is 32.2 Å². The van der Waals surface area contributed by atoms with Gasteiger partial charge in [-0.15, -0.1) is 10.2 Å². The van der Waals surface area contributed by atoms with Crippen LogP contribution >= 0.6 is 0 Å². The highest BCUT2D eigenvalue weighted by Crippen LogP contribution is 2.25. The van der Waals surface area contributed by atoms with Gasteiger partial charge in [0.25, 0.3) is 5.91 Å². The number of amides is 1. The lowest BCUT2D eigenvalue weighted by atomic mass is 10.1. The summed E-state index contributed by atoms with van der Waals surface area (Å²) in [5, 5.41) is 12.7. The van der Waals surface area contributed by atoms with Crippen LogP contribution in [0.3, 0.4) is 0 Å². The number of carbonyl (C=O) groups excluding carboxylic acids is 1. The topological polar surface area (TPSA) is 72.7 Å². The Balaban J connectivity index is 1.45. The summed E-state index contributed by atoms with van der Waals surface area (Å²) in [6, 6.07) is 17.2. The molecule has 0 spiro atoms. The normalized spacial score (nSPS) is 13.7. The van der Waals surface area contributed by atoms with Gasteiger partial charge in [0.2, 0.25) is 0 Å². The second kappa shape index (κ2) is 7.47. The molecule has 1 amide bonds. The van der Waals surface area contributed by atoms with Crippen LogP contribution in [0.15, 0.2) is 60.8 Å². The lowest BCUT2D eigenvalue weighted by Crippen LogP contribution is -2.12. The van der Waals surface area contributed by atoms with Crippen LogP contribution in [-0.2, 0) is 13.0 Å². The van der Waals surface area contributed by atoms with Gasteiger partial charge in [0.05, 0.1) is 11.1 Å². The molecule has 0 saturated heterocycles. The fourth-order valence-electron chi connectivity index (χ4n) is 3.93. The zero-order valence-electron chi connectivity index (χ0n) is 16.0. The van der Waals surface area contributed by atoms with Crippen LogP contribution in [0.4, 0.5) is 5.69 Å². The molecule has 5 rings (SSSR count). The van der Waals surface area contributed by atoms with Gasteiger partial charge in [0, 0.05) is 35.8 Å². The molecule has 2 aromatic carbocycles. The highest BCUT2D eigenvalue weighted by atomic mass is 16.1. The van der Waals surface area contributed by atoms with Crippen LogP contribution in [0.1, 0.15) is 35.4 Å². The van der Waals surface area contributed by atoms with Gasteiger partial charge >= 0.3 is 0 Å². The largest absolute Gasteiger partial charge is 0.322 e. The van der Waals surface area contributed by atoms with Crippen LogP contribution in [0.5, 0.6) is 0 Å². The van der Waals surface area contributed by atoms with Crippen molar-refractivity contribution in [3.63, 3.8) is 0 Å². The molecule has 3 heterocycles. The number of benzene rings is 2. The van der Waals surface area contributed by atoms with Crippen LogP contribution in [0.2, 0.25) is 0 Å². The first-order valence-corrected chi connectivity index (χ1v) is 9.97. The predicted octanol–water partition coefficient (Wildman–Crippen LogP) is 4.47. The predicted molar refractivity (Wildman–Crippen MR) is 113 cm³/mol. The van der Waals surface area contributed by atoms with Crippen molar-refractivity contribution in [3.8, 4) is 11.4 Å². The van der Waals surface area contributed by atoms with E-state index < -0.39 is 0 Å². The number of rotatable bonds is 3. The number of pyridine rings is 1. The fraction of sp³-hybridized carbons (Fsp3) is 0.217. The van der Waals surface area contributed by atoms with E-state index in [-0.39, 0.29) is 5.91 Å². The number of hydrogen-bond donors (Lipinski definition) is 1. The minimum absolute atomic E-state index is 0.152. The van der Waals surface area contributed by atoms with Crippen molar-refractivity contribution in [2.24, 2.45) is 0 Å². The molecule has 1 aliphatic heterocycles. The number of carbonyl (C=O) groups is 1. The second-order valence-electron chi connectivity index (χ2n) is 7.31. The molecule has 1 N–H and O–H groups in total. The highest BCUT2D eigenvalue weighted by molar-refractivity contribution is 6.12. The van der Waals surface area contributed by atoms with Gasteiger partial charge in [0.1, 0.15) is 5.82 Å². The molecule has 4 aromatic rings. The summed E-state index contributed by atoms with van der Waals surface area (Å²) >= 11 is 0. The molecule has 144 valence electrons. The molecule has 0 radical (unpaired) electrons. The van der Waals surface area contributed by atoms with E-state index in [4.69, 9.17) is 0 Å². The molecule has 0 bridgehead atoms. The summed E-state index contributed by atoms with van der Waals surface area (Å²) in [7, 11) is 0. The summed E-state index contributed by atoms with van der Waals surface area (Å²) in [4.78, 5) is 17.3. The molecule has 6 heteroatoms. The van der Waals surface area contributed by atoms with Crippen LogP contribution in [0, 0.1) is 0 Å². The highest BCUT2D eigenvalue weighted by Gasteiger charge is 2.17. The van der Waals surface area contributed by atoms with E-state index in [1.165, 1.54) is 6.42 Å². The number of anilines is 1. The number of fused-ring (bicyclic) bond motifs is 2. The standard InChI is InChI=1S/C23H21N5O/c29-23(19-12-13-24-20-10-4-3-9-18(19)20)25-17-8-6-7-16(15-17)22-27-26-21-11-2-1-5-14-28(21)22/h3-4,6-10,12-13,15H,1-2,5,11,14H2,(H,25,29). The van der Waals surface area contributed by atoms with Gasteiger partial charge < -0.3 is 9.88 Å². The summed E-state index contributed by atoms with van der Waals surface area (Å²) < 4.78 is 2.21. The first kappa shape index (κ1) is 17.6. The molecule has 0 fully saturated rings. The van der Waals surface area contributed by atoms with Gasteiger partial charge in [-0.3, -0.25) is 9.78 Å². The third kappa shape index (κ3) is 3.38. The van der Waals surface area contributed by atoms with Crippen LogP contribution in [0.25, 0.3) is 22.3 Å². The number of hydrogen-bond acceptors (Lipinski definition) is 4. The molecule has 1 aliphatic rings. The Bertz CT molecular complexity index is 1190. The zero-order valence-corrected chi connectivity index (χ0v) is 16.0. The van der Waals surface area contributed by atoms with Crippen LogP contribution < -0.4 is 5.32 Å². The molecular formula is C23H21N5O. The van der Waals surface area contributed by atoms with Crippen molar-refractivity contribution < 1.29 is 4.79 Å².